The number of para-hydroxylation sites is 1. The first-order valence-electron chi connectivity index (χ1n) is 6.59. The van der Waals surface area contributed by atoms with Crippen LogP contribution in [0.1, 0.15) is 16.7 Å². The summed E-state index contributed by atoms with van der Waals surface area (Å²) in [7, 11) is 0. The highest BCUT2D eigenvalue weighted by Gasteiger charge is 2.58. The Balaban J connectivity index is 2.71. The lowest BCUT2D eigenvalue weighted by Gasteiger charge is -2.31. The van der Waals surface area contributed by atoms with Gasteiger partial charge in [-0.25, -0.2) is 0 Å². The minimum Gasteiger partial charge on any atom is -0.372 e. The third kappa shape index (κ3) is 3.29. The molecule has 0 aliphatic heterocycles. The molecule has 0 amide bonds. The number of nitro groups is 1. The van der Waals surface area contributed by atoms with Gasteiger partial charge in [-0.1, -0.05) is 24.3 Å². The zero-order valence-corrected chi connectivity index (χ0v) is 12.1. The van der Waals surface area contributed by atoms with Crippen molar-refractivity contribution in [1.82, 2.24) is 0 Å². The summed E-state index contributed by atoms with van der Waals surface area (Å²) in [5.41, 5.74) is -8.14. The molecule has 2 aromatic rings. The van der Waals surface area contributed by atoms with Crippen molar-refractivity contribution in [2.45, 2.75) is 18.0 Å². The van der Waals surface area contributed by atoms with Gasteiger partial charge in [-0.3, -0.25) is 10.1 Å². The van der Waals surface area contributed by atoms with Crippen LogP contribution in [0.3, 0.4) is 0 Å². The summed E-state index contributed by atoms with van der Waals surface area (Å²) < 4.78 is 78.4. The molecule has 0 heterocycles. The lowest BCUT2D eigenvalue weighted by atomic mass is 9.84. The summed E-state index contributed by atoms with van der Waals surface area (Å²) >= 11 is 0. The molecule has 134 valence electrons. The van der Waals surface area contributed by atoms with Crippen molar-refractivity contribution in [2.75, 3.05) is 0 Å². The van der Waals surface area contributed by atoms with Crippen molar-refractivity contribution in [2.24, 2.45) is 0 Å². The third-order valence-electron chi connectivity index (χ3n) is 3.53. The number of alkyl halides is 6. The predicted molar refractivity (Wildman–Crippen MR) is 73.6 cm³/mol. The minimum atomic E-state index is -5.42. The molecule has 0 aliphatic carbocycles. The van der Waals surface area contributed by atoms with Crippen LogP contribution in [-0.2, 0) is 11.8 Å². The maximum atomic E-state index is 13.6. The van der Waals surface area contributed by atoms with Crippen LogP contribution < -0.4 is 0 Å². The standard InChI is InChI=1S/C15H9F6NO3/c16-14(17,18)10-7-5-9(6-8-10)13(23,15(19,20)21)11-3-1-2-4-12(11)22(24)25/h1-8,23H. The van der Waals surface area contributed by atoms with Crippen LogP contribution in [0, 0.1) is 10.1 Å². The van der Waals surface area contributed by atoms with Crippen LogP contribution in [0.5, 0.6) is 0 Å². The zero-order valence-electron chi connectivity index (χ0n) is 12.1. The van der Waals surface area contributed by atoms with Crippen LogP contribution in [0.15, 0.2) is 48.5 Å². The van der Waals surface area contributed by atoms with E-state index >= 15 is 0 Å². The Kier molecular flexibility index (Phi) is 4.51. The summed E-state index contributed by atoms with van der Waals surface area (Å²) in [6.45, 7) is 0. The van der Waals surface area contributed by atoms with Crippen LogP contribution in [0.2, 0.25) is 0 Å². The first kappa shape index (κ1) is 18.7. The van der Waals surface area contributed by atoms with E-state index in [-0.39, 0.29) is 0 Å². The van der Waals surface area contributed by atoms with E-state index in [4.69, 9.17) is 0 Å². The average Bonchev–Trinajstić information content (AvgIpc) is 2.52. The molecule has 0 aromatic heterocycles. The second-order valence-corrected chi connectivity index (χ2v) is 5.06. The van der Waals surface area contributed by atoms with Gasteiger partial charge in [-0.2, -0.15) is 26.3 Å². The Morgan fingerprint density at radius 1 is 0.840 bits per heavy atom. The SMILES string of the molecule is O=[N+]([O-])c1ccccc1C(O)(c1ccc(C(F)(F)F)cc1)C(F)(F)F. The minimum absolute atomic E-state index is 0.362. The Morgan fingerprint density at radius 3 is 1.76 bits per heavy atom. The van der Waals surface area contributed by atoms with Gasteiger partial charge in [0.25, 0.3) is 5.69 Å². The fourth-order valence-corrected chi connectivity index (χ4v) is 2.31. The molecule has 0 saturated heterocycles. The molecule has 0 bridgehead atoms. The monoisotopic (exact) mass is 365 g/mol. The lowest BCUT2D eigenvalue weighted by molar-refractivity contribution is -0.388. The number of hydrogen-bond acceptors (Lipinski definition) is 3. The van der Waals surface area contributed by atoms with E-state index in [0.717, 1.165) is 18.2 Å². The lowest BCUT2D eigenvalue weighted by Crippen LogP contribution is -2.43. The molecule has 0 fully saturated rings. The summed E-state index contributed by atoms with van der Waals surface area (Å²) in [6, 6.07) is 5.20. The van der Waals surface area contributed by atoms with Crippen molar-refractivity contribution < 1.29 is 36.4 Å². The van der Waals surface area contributed by atoms with E-state index in [0.29, 0.717) is 30.3 Å². The van der Waals surface area contributed by atoms with Crippen LogP contribution in [0.25, 0.3) is 0 Å². The van der Waals surface area contributed by atoms with Crippen LogP contribution in [0.4, 0.5) is 32.0 Å². The van der Waals surface area contributed by atoms with Crippen LogP contribution >= 0.6 is 0 Å². The van der Waals surface area contributed by atoms with Crippen molar-refractivity contribution in [1.29, 1.82) is 0 Å². The first-order chi connectivity index (χ1) is 11.4. The second kappa shape index (κ2) is 6.03. The molecule has 0 aliphatic rings. The van der Waals surface area contributed by atoms with Crippen molar-refractivity contribution >= 4 is 5.69 Å². The highest BCUT2D eigenvalue weighted by molar-refractivity contribution is 5.50. The Hall–Kier alpha value is -2.62. The molecule has 0 spiro atoms. The number of rotatable bonds is 3. The largest absolute Gasteiger partial charge is 0.426 e. The molecule has 2 aromatic carbocycles. The summed E-state index contributed by atoms with van der Waals surface area (Å²) in [6.07, 6.45) is -10.2. The molecule has 1 atom stereocenters. The van der Waals surface area contributed by atoms with Gasteiger partial charge in [0.05, 0.1) is 16.1 Å². The molecule has 0 saturated carbocycles. The average molecular weight is 365 g/mol. The fourth-order valence-electron chi connectivity index (χ4n) is 2.31. The topological polar surface area (TPSA) is 63.4 Å². The van der Waals surface area contributed by atoms with Crippen molar-refractivity contribution in [3.8, 4) is 0 Å². The first-order valence-corrected chi connectivity index (χ1v) is 6.59. The van der Waals surface area contributed by atoms with E-state index in [9.17, 15) is 41.6 Å². The zero-order chi connectivity index (χ0) is 19.0. The predicted octanol–water partition coefficient (Wildman–Crippen LogP) is 4.41. The summed E-state index contributed by atoms with van der Waals surface area (Å²) in [4.78, 5) is 9.88. The van der Waals surface area contributed by atoms with Gasteiger partial charge in [-0.15, -0.1) is 0 Å². The van der Waals surface area contributed by atoms with Gasteiger partial charge in [0.1, 0.15) is 0 Å². The molecular weight excluding hydrogens is 356 g/mol. The second-order valence-electron chi connectivity index (χ2n) is 5.06. The fraction of sp³-hybridized carbons (Fsp3) is 0.200. The van der Waals surface area contributed by atoms with Gasteiger partial charge in [0, 0.05) is 6.07 Å². The number of nitro benzene ring substituents is 1. The maximum Gasteiger partial charge on any atom is 0.426 e. The number of halogens is 6. The van der Waals surface area contributed by atoms with E-state index in [1.54, 1.807) is 0 Å². The van der Waals surface area contributed by atoms with Crippen LogP contribution in [-0.4, -0.2) is 16.2 Å². The molecule has 10 heteroatoms. The normalized spacial score (nSPS) is 14.8. The number of nitrogens with zero attached hydrogens (tertiary/aromatic N) is 1. The van der Waals surface area contributed by atoms with E-state index < -0.39 is 45.3 Å². The molecule has 25 heavy (non-hydrogen) atoms. The highest BCUT2D eigenvalue weighted by Crippen LogP contribution is 2.47. The molecule has 1 N–H and O–H groups in total. The molecule has 4 nitrogen and oxygen atoms in total. The van der Waals surface area contributed by atoms with E-state index in [1.165, 1.54) is 0 Å². The van der Waals surface area contributed by atoms with Gasteiger partial charge in [0.15, 0.2) is 0 Å². The van der Waals surface area contributed by atoms with Gasteiger partial charge in [0.2, 0.25) is 5.60 Å². The Labute approximate surface area is 136 Å². The highest BCUT2D eigenvalue weighted by atomic mass is 19.4. The quantitative estimate of drug-likeness (QED) is 0.498. The van der Waals surface area contributed by atoms with Crippen molar-refractivity contribution in [3.05, 3.63) is 75.3 Å². The summed E-state index contributed by atoms with van der Waals surface area (Å²) in [5.74, 6) is 0. The molecule has 0 radical (unpaired) electrons. The van der Waals surface area contributed by atoms with Gasteiger partial charge >= 0.3 is 12.4 Å². The number of hydrogen-bond donors (Lipinski definition) is 1. The number of benzene rings is 2. The summed E-state index contributed by atoms with van der Waals surface area (Å²) in [5, 5.41) is 21.3. The van der Waals surface area contributed by atoms with E-state index in [2.05, 4.69) is 0 Å². The molecule has 2 rings (SSSR count). The Morgan fingerprint density at radius 2 is 1.32 bits per heavy atom. The van der Waals surface area contributed by atoms with Crippen molar-refractivity contribution in [3.63, 3.8) is 0 Å². The Bertz CT molecular complexity index is 785. The maximum absolute atomic E-state index is 13.6. The third-order valence-corrected chi connectivity index (χ3v) is 3.53. The smallest absolute Gasteiger partial charge is 0.372 e. The molecule has 1 unspecified atom stereocenters. The number of aliphatic hydroxyl groups is 1. The van der Waals surface area contributed by atoms with E-state index in [1.807, 2.05) is 0 Å². The molecular formula is C15H9F6NO3. The van der Waals surface area contributed by atoms with Gasteiger partial charge < -0.3 is 5.11 Å². The van der Waals surface area contributed by atoms with Gasteiger partial charge in [-0.05, 0) is 23.8 Å².